The Morgan fingerprint density at radius 1 is 1.16 bits per heavy atom. The highest BCUT2D eigenvalue weighted by atomic mass is 32.2. The molecule has 6 heteroatoms. The highest BCUT2D eigenvalue weighted by Crippen LogP contribution is 2.23. The van der Waals surface area contributed by atoms with Crippen LogP contribution in [0, 0.1) is 6.92 Å². The number of carbonyl (C=O) groups is 1. The van der Waals surface area contributed by atoms with Crippen LogP contribution in [0.4, 0.5) is 5.69 Å². The molecule has 1 fully saturated rings. The van der Waals surface area contributed by atoms with Crippen LogP contribution in [0.3, 0.4) is 0 Å². The smallest absolute Gasteiger partial charge is 0.243 e. The third kappa shape index (κ3) is 5.73. The molecule has 1 atom stereocenters. The molecule has 1 N–H and O–H groups in total. The van der Waals surface area contributed by atoms with Crippen LogP contribution in [-0.4, -0.2) is 32.7 Å². The Hall–Kier alpha value is -1.56. The van der Waals surface area contributed by atoms with Crippen molar-refractivity contribution in [2.45, 2.75) is 70.9 Å². The van der Waals surface area contributed by atoms with Crippen molar-refractivity contribution in [2.75, 3.05) is 10.6 Å². The lowest BCUT2D eigenvalue weighted by Crippen LogP contribution is -2.50. The van der Waals surface area contributed by atoms with Gasteiger partial charge in [-0.1, -0.05) is 44.2 Å². The molecule has 0 heterocycles. The van der Waals surface area contributed by atoms with E-state index in [1.807, 2.05) is 19.1 Å². The summed E-state index contributed by atoms with van der Waals surface area (Å²) in [6, 6.07) is 6.61. The van der Waals surface area contributed by atoms with Crippen LogP contribution in [0.5, 0.6) is 0 Å². The molecule has 5 nitrogen and oxygen atoms in total. The molecule has 1 aliphatic rings. The molecular formula is C19H30N2O3S. The number of nitrogens with zero attached hydrogens (tertiary/aromatic N) is 1. The Balaban J connectivity index is 2.15. The Morgan fingerprint density at radius 3 is 2.32 bits per heavy atom. The normalized spacial score (nSPS) is 18.0. The van der Waals surface area contributed by atoms with E-state index in [0.29, 0.717) is 5.69 Å². The van der Waals surface area contributed by atoms with Gasteiger partial charge >= 0.3 is 0 Å². The van der Waals surface area contributed by atoms with Crippen LogP contribution in [0.2, 0.25) is 0 Å². The third-order valence-corrected chi connectivity index (χ3v) is 6.04. The molecule has 1 saturated carbocycles. The number of nitrogens with one attached hydrogen (secondary N) is 1. The minimum atomic E-state index is -3.56. The second-order valence-corrected chi connectivity index (χ2v) is 8.98. The number of sulfonamides is 1. The maximum Gasteiger partial charge on any atom is 0.243 e. The van der Waals surface area contributed by atoms with Gasteiger partial charge in [-0.2, -0.15) is 0 Å². The SMILES string of the molecule is Cc1cccc(N(C(C)C(=O)NC2CCCCCCC2)S(C)(=O)=O)c1. The van der Waals surface area contributed by atoms with Gasteiger partial charge in [-0.3, -0.25) is 9.10 Å². The number of aryl methyl sites for hydroxylation is 1. The van der Waals surface area contributed by atoms with Crippen LogP contribution < -0.4 is 9.62 Å². The Morgan fingerprint density at radius 2 is 1.76 bits per heavy atom. The second kappa shape index (κ2) is 8.70. The summed E-state index contributed by atoms with van der Waals surface area (Å²) in [5, 5.41) is 3.08. The first-order valence-electron chi connectivity index (χ1n) is 9.15. The zero-order chi connectivity index (χ0) is 18.4. The van der Waals surface area contributed by atoms with Crippen LogP contribution in [0.1, 0.15) is 57.4 Å². The van der Waals surface area contributed by atoms with Crippen molar-refractivity contribution in [1.29, 1.82) is 0 Å². The van der Waals surface area contributed by atoms with Gasteiger partial charge in [0.15, 0.2) is 0 Å². The predicted octanol–water partition coefficient (Wildman–Crippen LogP) is 3.38. The molecule has 2 rings (SSSR count). The number of amides is 1. The number of hydrogen-bond donors (Lipinski definition) is 1. The number of benzene rings is 1. The van der Waals surface area contributed by atoms with E-state index in [1.54, 1.807) is 19.1 Å². The van der Waals surface area contributed by atoms with Gasteiger partial charge in [-0.25, -0.2) is 8.42 Å². The minimum Gasteiger partial charge on any atom is -0.352 e. The molecule has 0 radical (unpaired) electrons. The van der Waals surface area contributed by atoms with E-state index in [-0.39, 0.29) is 11.9 Å². The second-order valence-electron chi connectivity index (χ2n) is 7.12. The predicted molar refractivity (Wildman–Crippen MR) is 102 cm³/mol. The number of hydrogen-bond acceptors (Lipinski definition) is 3. The van der Waals surface area contributed by atoms with Crippen molar-refractivity contribution >= 4 is 21.6 Å². The summed E-state index contributed by atoms with van der Waals surface area (Å²) in [4.78, 5) is 12.7. The molecule has 0 bridgehead atoms. The zero-order valence-corrected chi connectivity index (χ0v) is 16.3. The molecule has 0 saturated heterocycles. The highest BCUT2D eigenvalue weighted by Gasteiger charge is 2.30. The summed E-state index contributed by atoms with van der Waals surface area (Å²) in [7, 11) is -3.56. The molecule has 25 heavy (non-hydrogen) atoms. The van der Waals surface area contributed by atoms with Crippen molar-refractivity contribution in [2.24, 2.45) is 0 Å². The Kier molecular flexibility index (Phi) is 6.87. The van der Waals surface area contributed by atoms with Crippen molar-refractivity contribution in [3.05, 3.63) is 29.8 Å². The van der Waals surface area contributed by atoms with Gasteiger partial charge in [0, 0.05) is 6.04 Å². The fourth-order valence-electron chi connectivity index (χ4n) is 3.50. The molecule has 1 aliphatic carbocycles. The molecular weight excluding hydrogens is 336 g/mol. The molecule has 140 valence electrons. The topological polar surface area (TPSA) is 66.5 Å². The highest BCUT2D eigenvalue weighted by molar-refractivity contribution is 7.92. The maximum atomic E-state index is 12.7. The Bertz CT molecular complexity index is 680. The van der Waals surface area contributed by atoms with Gasteiger partial charge in [0.25, 0.3) is 0 Å². The first-order valence-corrected chi connectivity index (χ1v) is 11.0. The van der Waals surface area contributed by atoms with Gasteiger partial charge < -0.3 is 5.32 Å². The Labute approximate surface area is 151 Å². The van der Waals surface area contributed by atoms with Gasteiger partial charge in [0.1, 0.15) is 6.04 Å². The first-order chi connectivity index (χ1) is 11.8. The third-order valence-electron chi connectivity index (χ3n) is 4.80. The first kappa shape index (κ1) is 19.8. The lowest BCUT2D eigenvalue weighted by molar-refractivity contribution is -0.122. The average molecular weight is 367 g/mol. The standard InChI is InChI=1S/C19H30N2O3S/c1-15-10-9-13-18(14-15)21(25(3,23)24)16(2)19(22)20-17-11-7-5-4-6-8-12-17/h9-10,13-14,16-17H,4-8,11-12H2,1-3H3,(H,20,22). The van der Waals surface area contributed by atoms with Crippen LogP contribution >= 0.6 is 0 Å². The van der Waals surface area contributed by atoms with E-state index in [4.69, 9.17) is 0 Å². The summed E-state index contributed by atoms with van der Waals surface area (Å²) >= 11 is 0. The fourth-order valence-corrected chi connectivity index (χ4v) is 4.66. The number of anilines is 1. The molecule has 0 aromatic heterocycles. The van der Waals surface area contributed by atoms with E-state index in [1.165, 1.54) is 23.6 Å². The van der Waals surface area contributed by atoms with Gasteiger partial charge in [0.05, 0.1) is 11.9 Å². The van der Waals surface area contributed by atoms with E-state index in [2.05, 4.69) is 5.32 Å². The molecule has 1 amide bonds. The van der Waals surface area contributed by atoms with Crippen LogP contribution in [0.15, 0.2) is 24.3 Å². The van der Waals surface area contributed by atoms with E-state index < -0.39 is 16.1 Å². The fraction of sp³-hybridized carbons (Fsp3) is 0.632. The van der Waals surface area contributed by atoms with E-state index in [9.17, 15) is 13.2 Å². The summed E-state index contributed by atoms with van der Waals surface area (Å²) in [6.07, 6.45) is 9.02. The average Bonchev–Trinajstić information content (AvgIpc) is 2.48. The van der Waals surface area contributed by atoms with Crippen molar-refractivity contribution in [3.63, 3.8) is 0 Å². The van der Waals surface area contributed by atoms with Crippen LogP contribution in [-0.2, 0) is 14.8 Å². The quantitative estimate of drug-likeness (QED) is 0.869. The molecule has 0 aliphatic heterocycles. The van der Waals surface area contributed by atoms with Crippen molar-refractivity contribution < 1.29 is 13.2 Å². The maximum absolute atomic E-state index is 12.7. The van der Waals surface area contributed by atoms with Crippen molar-refractivity contribution in [3.8, 4) is 0 Å². The summed E-state index contributed by atoms with van der Waals surface area (Å²) < 4.78 is 25.9. The molecule has 1 aromatic rings. The largest absolute Gasteiger partial charge is 0.352 e. The molecule has 1 aromatic carbocycles. The monoisotopic (exact) mass is 366 g/mol. The summed E-state index contributed by atoms with van der Waals surface area (Å²) in [5.74, 6) is -0.225. The summed E-state index contributed by atoms with van der Waals surface area (Å²) in [6.45, 7) is 3.56. The number of carbonyl (C=O) groups excluding carboxylic acids is 1. The van der Waals surface area contributed by atoms with E-state index in [0.717, 1.165) is 37.5 Å². The zero-order valence-electron chi connectivity index (χ0n) is 15.5. The van der Waals surface area contributed by atoms with Crippen molar-refractivity contribution in [1.82, 2.24) is 5.32 Å². The molecule has 0 spiro atoms. The minimum absolute atomic E-state index is 0.147. The number of rotatable bonds is 5. The van der Waals surface area contributed by atoms with Gasteiger partial charge in [0.2, 0.25) is 15.9 Å². The van der Waals surface area contributed by atoms with Gasteiger partial charge in [-0.15, -0.1) is 0 Å². The molecule has 1 unspecified atom stereocenters. The van der Waals surface area contributed by atoms with E-state index >= 15 is 0 Å². The van der Waals surface area contributed by atoms with Crippen LogP contribution in [0.25, 0.3) is 0 Å². The lowest BCUT2D eigenvalue weighted by Gasteiger charge is -2.30. The summed E-state index contributed by atoms with van der Waals surface area (Å²) in [5.41, 5.74) is 1.49. The van der Waals surface area contributed by atoms with Gasteiger partial charge in [-0.05, 0) is 44.4 Å². The lowest BCUT2D eigenvalue weighted by atomic mass is 9.96.